The van der Waals surface area contributed by atoms with Gasteiger partial charge in [-0.1, -0.05) is 52.3 Å². The van der Waals surface area contributed by atoms with Crippen molar-refractivity contribution >= 4 is 38.0 Å². The molecular weight excluding hydrogens is 356 g/mol. The lowest BCUT2D eigenvalue weighted by molar-refractivity contribution is 1.34. The molecule has 0 radical (unpaired) electrons. The minimum Gasteiger partial charge on any atom is -0.263 e. The first-order chi connectivity index (χ1) is 10.8. The molecule has 2 heterocycles. The van der Waals surface area contributed by atoms with Crippen LogP contribution in [0.25, 0.3) is 32.6 Å². The van der Waals surface area contributed by atoms with Crippen LogP contribution in [0, 0.1) is 0 Å². The molecule has 0 saturated carbocycles. The van der Waals surface area contributed by atoms with E-state index >= 15 is 0 Å². The zero-order valence-electron chi connectivity index (χ0n) is 11.5. The zero-order valence-corrected chi connectivity index (χ0v) is 13.9. The summed E-state index contributed by atoms with van der Waals surface area (Å²) in [4.78, 5) is 9.14. The van der Waals surface area contributed by atoms with E-state index < -0.39 is 0 Å². The number of hydrogen-bond donors (Lipinski definition) is 0. The molecule has 0 N–H and O–H groups in total. The molecule has 4 rings (SSSR count). The van der Waals surface area contributed by atoms with Crippen LogP contribution in [0.3, 0.4) is 0 Å². The third kappa shape index (κ3) is 2.45. The molecule has 4 heteroatoms. The Morgan fingerprint density at radius 2 is 1.73 bits per heavy atom. The minimum atomic E-state index is 1.00. The predicted octanol–water partition coefficient (Wildman–Crippen LogP) is 5.79. The molecule has 106 valence electrons. The summed E-state index contributed by atoms with van der Waals surface area (Å²) in [5, 5.41) is 5.43. The van der Waals surface area contributed by atoms with Crippen molar-refractivity contribution in [3.8, 4) is 21.8 Å². The molecule has 0 aliphatic rings. The van der Waals surface area contributed by atoms with Gasteiger partial charge >= 0.3 is 0 Å². The highest BCUT2D eigenvalue weighted by atomic mass is 79.9. The average molecular weight is 367 g/mol. The van der Waals surface area contributed by atoms with Gasteiger partial charge in [0.1, 0.15) is 5.01 Å². The van der Waals surface area contributed by atoms with Crippen molar-refractivity contribution in [2.45, 2.75) is 0 Å². The van der Waals surface area contributed by atoms with Crippen molar-refractivity contribution in [2.75, 3.05) is 0 Å². The summed E-state index contributed by atoms with van der Waals surface area (Å²) in [5.41, 5.74) is 3.21. The van der Waals surface area contributed by atoms with Gasteiger partial charge in [0.05, 0.1) is 5.69 Å². The van der Waals surface area contributed by atoms with Crippen LogP contribution < -0.4 is 0 Å². The molecule has 0 fully saturated rings. The first-order valence-electron chi connectivity index (χ1n) is 6.86. The number of benzene rings is 2. The van der Waals surface area contributed by atoms with E-state index in [2.05, 4.69) is 56.6 Å². The van der Waals surface area contributed by atoms with E-state index in [-0.39, 0.29) is 0 Å². The van der Waals surface area contributed by atoms with Crippen LogP contribution in [-0.2, 0) is 0 Å². The quantitative estimate of drug-likeness (QED) is 0.448. The topological polar surface area (TPSA) is 25.8 Å². The summed E-state index contributed by atoms with van der Waals surface area (Å²) in [6.45, 7) is 0. The molecule has 22 heavy (non-hydrogen) atoms. The van der Waals surface area contributed by atoms with Gasteiger partial charge in [-0.3, -0.25) is 4.98 Å². The van der Waals surface area contributed by atoms with Crippen molar-refractivity contribution in [3.05, 3.63) is 70.8 Å². The number of fused-ring (bicyclic) bond motifs is 1. The molecule has 0 unspecified atom stereocenters. The molecule has 0 atom stereocenters. The number of hydrogen-bond acceptors (Lipinski definition) is 3. The maximum absolute atomic E-state index is 4.79. The van der Waals surface area contributed by atoms with Gasteiger partial charge in [0.15, 0.2) is 0 Å². The van der Waals surface area contributed by atoms with Crippen LogP contribution in [0.1, 0.15) is 0 Å². The number of rotatable bonds is 2. The first kappa shape index (κ1) is 13.6. The normalized spacial score (nSPS) is 11.0. The molecule has 4 aromatic rings. The molecule has 0 saturated heterocycles. The van der Waals surface area contributed by atoms with Crippen molar-refractivity contribution in [2.24, 2.45) is 0 Å². The lowest BCUT2D eigenvalue weighted by atomic mass is 10.1. The Morgan fingerprint density at radius 1 is 0.909 bits per heavy atom. The zero-order chi connectivity index (χ0) is 14.9. The number of pyridine rings is 1. The standard InChI is InChI=1S/C18H11BrN2S/c19-14-7-5-12(6-8-14)17-11-22-18(21-17)16-10-20-9-13-3-1-2-4-15(13)16/h1-11H. The van der Waals surface area contributed by atoms with Crippen LogP contribution >= 0.6 is 27.3 Å². The highest BCUT2D eigenvalue weighted by molar-refractivity contribution is 9.10. The molecule has 2 nitrogen and oxygen atoms in total. The van der Waals surface area contributed by atoms with Crippen LogP contribution in [0.4, 0.5) is 0 Å². The summed E-state index contributed by atoms with van der Waals surface area (Å²) >= 11 is 5.11. The summed E-state index contributed by atoms with van der Waals surface area (Å²) in [5.74, 6) is 0. The van der Waals surface area contributed by atoms with Crippen LogP contribution in [0.2, 0.25) is 0 Å². The van der Waals surface area contributed by atoms with Gasteiger partial charge < -0.3 is 0 Å². The maximum Gasteiger partial charge on any atom is 0.126 e. The summed E-state index contributed by atoms with van der Waals surface area (Å²) < 4.78 is 1.07. The monoisotopic (exact) mass is 366 g/mol. The summed E-state index contributed by atoms with van der Waals surface area (Å²) in [6.07, 6.45) is 3.79. The van der Waals surface area contributed by atoms with Gasteiger partial charge in [0.2, 0.25) is 0 Å². The van der Waals surface area contributed by atoms with Gasteiger partial charge in [-0.2, -0.15) is 0 Å². The Bertz CT molecular complexity index is 939. The second-order valence-corrected chi connectivity index (χ2v) is 6.73. The van der Waals surface area contributed by atoms with Gasteiger partial charge in [0.25, 0.3) is 0 Å². The highest BCUT2D eigenvalue weighted by Gasteiger charge is 2.10. The van der Waals surface area contributed by atoms with Gasteiger partial charge in [-0.05, 0) is 17.5 Å². The molecule has 0 spiro atoms. The van der Waals surface area contributed by atoms with Crippen molar-refractivity contribution < 1.29 is 0 Å². The van der Waals surface area contributed by atoms with Gasteiger partial charge in [-0.15, -0.1) is 11.3 Å². The van der Waals surface area contributed by atoms with Crippen LogP contribution in [0.5, 0.6) is 0 Å². The second kappa shape index (κ2) is 5.63. The van der Waals surface area contributed by atoms with E-state index in [1.54, 1.807) is 11.3 Å². The Hall–Kier alpha value is -2.04. The summed E-state index contributed by atoms with van der Waals surface area (Å²) in [7, 11) is 0. The molecule has 0 aliphatic carbocycles. The van der Waals surface area contributed by atoms with E-state index in [0.717, 1.165) is 31.7 Å². The van der Waals surface area contributed by atoms with Gasteiger partial charge in [-0.25, -0.2) is 4.98 Å². The van der Waals surface area contributed by atoms with E-state index in [4.69, 9.17) is 4.98 Å². The fraction of sp³-hybridized carbons (Fsp3) is 0. The Labute approximate surface area is 140 Å². The second-order valence-electron chi connectivity index (χ2n) is 4.95. The van der Waals surface area contributed by atoms with Crippen molar-refractivity contribution in [3.63, 3.8) is 0 Å². The molecule has 0 amide bonds. The van der Waals surface area contributed by atoms with Crippen LogP contribution in [-0.4, -0.2) is 9.97 Å². The van der Waals surface area contributed by atoms with Crippen molar-refractivity contribution in [1.29, 1.82) is 0 Å². The third-order valence-corrected chi connectivity index (χ3v) is 4.95. The van der Waals surface area contributed by atoms with E-state index in [9.17, 15) is 0 Å². The van der Waals surface area contributed by atoms with Gasteiger partial charge in [0, 0.05) is 38.8 Å². The smallest absolute Gasteiger partial charge is 0.126 e. The van der Waals surface area contributed by atoms with Crippen molar-refractivity contribution in [1.82, 2.24) is 9.97 Å². The minimum absolute atomic E-state index is 1.00. The van der Waals surface area contributed by atoms with Crippen LogP contribution in [0.15, 0.2) is 70.8 Å². The van der Waals surface area contributed by atoms with E-state index in [1.807, 2.05) is 30.6 Å². The molecule has 0 bridgehead atoms. The lowest BCUT2D eigenvalue weighted by Crippen LogP contribution is -1.84. The number of thiazole rings is 1. The number of aromatic nitrogens is 2. The fourth-order valence-electron chi connectivity index (χ4n) is 2.44. The highest BCUT2D eigenvalue weighted by Crippen LogP contribution is 2.33. The largest absolute Gasteiger partial charge is 0.263 e. The Morgan fingerprint density at radius 3 is 2.59 bits per heavy atom. The average Bonchev–Trinajstić information content (AvgIpc) is 3.05. The third-order valence-electron chi connectivity index (χ3n) is 3.54. The summed E-state index contributed by atoms with van der Waals surface area (Å²) in [6, 6.07) is 16.5. The van der Waals surface area contributed by atoms with E-state index in [1.165, 1.54) is 5.39 Å². The number of halogens is 1. The Kier molecular flexibility index (Phi) is 3.48. The molecule has 0 aliphatic heterocycles. The van der Waals surface area contributed by atoms with E-state index in [0.29, 0.717) is 0 Å². The number of nitrogens with zero attached hydrogens (tertiary/aromatic N) is 2. The first-order valence-corrected chi connectivity index (χ1v) is 8.53. The maximum atomic E-state index is 4.79. The predicted molar refractivity (Wildman–Crippen MR) is 96.0 cm³/mol. The molecular formula is C18H11BrN2S. The SMILES string of the molecule is Brc1ccc(-c2csc(-c3cncc4ccccc34)n2)cc1. The fourth-order valence-corrected chi connectivity index (χ4v) is 3.55. The Balaban J connectivity index is 1.82. The lowest BCUT2D eigenvalue weighted by Gasteiger charge is -2.02. The molecule has 2 aromatic heterocycles. The molecule has 2 aromatic carbocycles.